The van der Waals surface area contributed by atoms with Gasteiger partial charge in [0.2, 0.25) is 0 Å². The van der Waals surface area contributed by atoms with Crippen LogP contribution in [0.5, 0.6) is 0 Å². The van der Waals surface area contributed by atoms with Gasteiger partial charge in [-0.1, -0.05) is 40.6 Å². The minimum atomic E-state index is -0.0713. The predicted molar refractivity (Wildman–Crippen MR) is 93.4 cm³/mol. The zero-order valence-corrected chi connectivity index (χ0v) is 14.7. The lowest BCUT2D eigenvalue weighted by molar-refractivity contribution is 0.0725. The number of rotatable bonds is 4. The zero-order valence-electron chi connectivity index (χ0n) is 13.9. The van der Waals surface area contributed by atoms with Gasteiger partial charge in [-0.3, -0.25) is 4.79 Å². The van der Waals surface area contributed by atoms with Gasteiger partial charge in [-0.2, -0.15) is 0 Å². The molecular weight excluding hydrogens is 336 g/mol. The number of aromatic nitrogens is 3. The number of hydrogen-bond acceptors (Lipinski definition) is 6. The van der Waals surface area contributed by atoms with E-state index in [1.54, 1.807) is 0 Å². The van der Waals surface area contributed by atoms with Crippen LogP contribution in [-0.4, -0.2) is 32.6 Å². The average Bonchev–Trinajstić information content (AvgIpc) is 3.35. The van der Waals surface area contributed by atoms with Crippen molar-refractivity contribution in [2.24, 2.45) is 0 Å². The molecule has 6 nitrogen and oxygen atoms in total. The van der Waals surface area contributed by atoms with Crippen molar-refractivity contribution >= 4 is 17.2 Å². The molecule has 1 fully saturated rings. The Hall–Kier alpha value is -2.54. The topological polar surface area (TPSA) is 72.1 Å². The van der Waals surface area contributed by atoms with Crippen LogP contribution in [0.2, 0.25) is 0 Å². The monoisotopic (exact) mass is 354 g/mol. The smallest absolute Gasteiger partial charge is 0.273 e. The molecule has 1 amide bonds. The molecule has 7 heteroatoms. The van der Waals surface area contributed by atoms with Crippen LogP contribution >= 0.6 is 11.3 Å². The summed E-state index contributed by atoms with van der Waals surface area (Å²) in [5.41, 5.74) is 3.20. The van der Waals surface area contributed by atoms with Gasteiger partial charge < -0.3 is 4.90 Å². The molecule has 0 bridgehead atoms. The second-order valence-electron chi connectivity index (χ2n) is 6.18. The van der Waals surface area contributed by atoms with Crippen molar-refractivity contribution in [1.82, 2.24) is 20.2 Å². The number of thiazole rings is 1. The maximum absolute atomic E-state index is 12.9. The lowest BCUT2D eigenvalue weighted by atomic mass is 10.1. The van der Waals surface area contributed by atoms with Crippen molar-refractivity contribution in [1.29, 1.82) is 0 Å². The van der Waals surface area contributed by atoms with Gasteiger partial charge in [-0.05, 0) is 25.3 Å². The van der Waals surface area contributed by atoms with Gasteiger partial charge in [-0.15, -0.1) is 11.3 Å². The zero-order chi connectivity index (χ0) is 17.2. The summed E-state index contributed by atoms with van der Waals surface area (Å²) in [5.74, 6) is -0.0412. The fourth-order valence-electron chi connectivity index (χ4n) is 3.24. The van der Waals surface area contributed by atoms with Crippen molar-refractivity contribution in [3.63, 3.8) is 0 Å². The Kier molecular flexibility index (Phi) is 4.31. The molecule has 1 aromatic carbocycles. The third kappa shape index (κ3) is 3.19. The SMILES string of the molecule is Cc1nonc1[C@H]1CCCN1C(=O)c1csc(Cc2ccccc2)n1. The van der Waals surface area contributed by atoms with Crippen molar-refractivity contribution in [3.05, 3.63) is 63.4 Å². The van der Waals surface area contributed by atoms with E-state index in [9.17, 15) is 4.79 Å². The number of nitrogens with zero attached hydrogens (tertiary/aromatic N) is 4. The van der Waals surface area contributed by atoms with Crippen molar-refractivity contribution < 1.29 is 9.42 Å². The Labute approximate surface area is 149 Å². The highest BCUT2D eigenvalue weighted by Gasteiger charge is 2.34. The number of likely N-dealkylation sites (tertiary alicyclic amines) is 1. The van der Waals surface area contributed by atoms with E-state index >= 15 is 0 Å². The molecule has 0 saturated carbocycles. The number of carbonyl (C=O) groups is 1. The van der Waals surface area contributed by atoms with Gasteiger partial charge in [0.25, 0.3) is 5.91 Å². The Morgan fingerprint density at radius 2 is 2.16 bits per heavy atom. The predicted octanol–water partition coefficient (Wildman–Crippen LogP) is 3.40. The molecule has 0 spiro atoms. The first-order valence-corrected chi connectivity index (χ1v) is 9.18. The Bertz CT molecular complexity index is 874. The average molecular weight is 354 g/mol. The quantitative estimate of drug-likeness (QED) is 0.718. The van der Waals surface area contributed by atoms with E-state index < -0.39 is 0 Å². The first-order chi connectivity index (χ1) is 12.2. The molecule has 0 radical (unpaired) electrons. The standard InChI is InChI=1S/C18H18N4O2S/c1-12-17(21-24-20-12)15-8-5-9-22(15)18(23)14-11-25-16(19-14)10-13-6-3-2-4-7-13/h2-4,6-7,11,15H,5,8-10H2,1H3/t15-/m1/s1. The van der Waals surface area contributed by atoms with Crippen LogP contribution in [0.4, 0.5) is 0 Å². The largest absolute Gasteiger partial charge is 0.328 e. The summed E-state index contributed by atoms with van der Waals surface area (Å²) in [6.07, 6.45) is 2.57. The third-order valence-corrected chi connectivity index (χ3v) is 5.33. The fraction of sp³-hybridized carbons (Fsp3) is 0.333. The molecule has 3 aromatic rings. The molecule has 1 aliphatic rings. The second kappa shape index (κ2) is 6.76. The van der Waals surface area contributed by atoms with Gasteiger partial charge in [0.05, 0.1) is 11.0 Å². The lowest BCUT2D eigenvalue weighted by Gasteiger charge is -2.22. The Balaban J connectivity index is 1.52. The van der Waals surface area contributed by atoms with Crippen molar-refractivity contribution in [2.45, 2.75) is 32.2 Å². The van der Waals surface area contributed by atoms with Gasteiger partial charge in [-0.25, -0.2) is 9.61 Å². The normalized spacial score (nSPS) is 17.2. The molecule has 1 atom stereocenters. The number of hydrogen-bond donors (Lipinski definition) is 0. The maximum Gasteiger partial charge on any atom is 0.273 e. The molecule has 3 heterocycles. The molecule has 2 aromatic heterocycles. The summed E-state index contributed by atoms with van der Waals surface area (Å²) in [4.78, 5) is 19.3. The summed E-state index contributed by atoms with van der Waals surface area (Å²) >= 11 is 1.53. The molecule has 4 rings (SSSR count). The van der Waals surface area contributed by atoms with Crippen molar-refractivity contribution in [2.75, 3.05) is 6.54 Å². The first kappa shape index (κ1) is 16.0. The van der Waals surface area contributed by atoms with E-state index in [4.69, 9.17) is 4.63 Å². The van der Waals surface area contributed by atoms with E-state index in [-0.39, 0.29) is 11.9 Å². The number of carbonyl (C=O) groups excluding carboxylic acids is 1. The van der Waals surface area contributed by atoms with Crippen LogP contribution in [-0.2, 0) is 6.42 Å². The first-order valence-electron chi connectivity index (χ1n) is 8.30. The van der Waals surface area contributed by atoms with Crippen molar-refractivity contribution in [3.8, 4) is 0 Å². The highest BCUT2D eigenvalue weighted by Crippen LogP contribution is 2.33. The molecule has 1 aliphatic heterocycles. The summed E-state index contributed by atoms with van der Waals surface area (Å²) in [5, 5.41) is 10.6. The summed E-state index contributed by atoms with van der Waals surface area (Å²) in [6, 6.07) is 10.1. The summed E-state index contributed by atoms with van der Waals surface area (Å²) in [6.45, 7) is 2.56. The van der Waals surface area contributed by atoms with E-state index in [2.05, 4.69) is 27.4 Å². The number of amides is 1. The molecule has 0 N–H and O–H groups in total. The highest BCUT2D eigenvalue weighted by atomic mass is 32.1. The van der Waals surface area contributed by atoms with E-state index in [1.807, 2.05) is 35.4 Å². The van der Waals surface area contributed by atoms with Gasteiger partial charge in [0.15, 0.2) is 0 Å². The summed E-state index contributed by atoms with van der Waals surface area (Å²) < 4.78 is 4.81. The molecule has 0 unspecified atom stereocenters. The van der Waals surface area contributed by atoms with E-state index in [0.717, 1.165) is 35.7 Å². The fourth-order valence-corrected chi connectivity index (χ4v) is 4.04. The van der Waals surface area contributed by atoms with Gasteiger partial charge >= 0.3 is 0 Å². The van der Waals surface area contributed by atoms with E-state index in [0.29, 0.717) is 12.2 Å². The number of aryl methyl sites for hydroxylation is 1. The Morgan fingerprint density at radius 1 is 1.32 bits per heavy atom. The van der Waals surface area contributed by atoms with E-state index in [1.165, 1.54) is 16.9 Å². The Morgan fingerprint density at radius 3 is 2.92 bits per heavy atom. The van der Waals surface area contributed by atoms with Crippen LogP contribution in [0.25, 0.3) is 0 Å². The minimum absolute atomic E-state index is 0.0412. The molecule has 128 valence electrons. The summed E-state index contributed by atoms with van der Waals surface area (Å²) in [7, 11) is 0. The number of benzene rings is 1. The maximum atomic E-state index is 12.9. The minimum Gasteiger partial charge on any atom is -0.328 e. The highest BCUT2D eigenvalue weighted by molar-refractivity contribution is 7.09. The van der Waals surface area contributed by atoms with Crippen LogP contribution in [0.15, 0.2) is 40.3 Å². The molecular formula is C18H18N4O2S. The van der Waals surface area contributed by atoms with Crippen LogP contribution in [0.1, 0.15) is 51.3 Å². The molecule has 25 heavy (non-hydrogen) atoms. The van der Waals surface area contributed by atoms with Gasteiger partial charge in [0.1, 0.15) is 17.1 Å². The van der Waals surface area contributed by atoms with Crippen LogP contribution in [0.3, 0.4) is 0 Å². The van der Waals surface area contributed by atoms with Crippen LogP contribution < -0.4 is 0 Å². The third-order valence-electron chi connectivity index (χ3n) is 4.49. The van der Waals surface area contributed by atoms with Gasteiger partial charge in [0, 0.05) is 18.3 Å². The molecule has 0 aliphatic carbocycles. The van der Waals surface area contributed by atoms with Crippen LogP contribution in [0, 0.1) is 6.92 Å². The second-order valence-corrected chi connectivity index (χ2v) is 7.12. The molecule has 1 saturated heterocycles. The lowest BCUT2D eigenvalue weighted by Crippen LogP contribution is -2.31.